The largest absolute Gasteiger partial charge is 0.382 e. The molecule has 0 N–H and O–H groups in total. The van der Waals surface area contributed by atoms with E-state index in [0.29, 0.717) is 99.1 Å². The normalized spacial score (nSPS) is 12.0. The molecule has 211 valence electrons. The van der Waals surface area contributed by atoms with Gasteiger partial charge in [0.05, 0.1) is 119 Å². The van der Waals surface area contributed by atoms with Gasteiger partial charge in [-0.3, -0.25) is 0 Å². The molecular weight excluding hydrogens is 468 g/mol. The molecule has 0 atom stereocenters. The van der Waals surface area contributed by atoms with E-state index in [9.17, 15) is 0 Å². The summed E-state index contributed by atoms with van der Waals surface area (Å²) in [6.07, 6.45) is 0. The van der Waals surface area contributed by atoms with Gasteiger partial charge in [-0.05, 0) is 0 Å². The van der Waals surface area contributed by atoms with Crippen LogP contribution in [0.1, 0.15) is 0 Å². The van der Waals surface area contributed by atoms with Crippen LogP contribution in [0.2, 0.25) is 0 Å². The van der Waals surface area contributed by atoms with Crippen molar-refractivity contribution >= 4 is 0 Å². The van der Waals surface area contributed by atoms with Crippen LogP contribution in [0.15, 0.2) is 0 Å². The fourth-order valence-electron chi connectivity index (χ4n) is 2.29. The van der Waals surface area contributed by atoms with E-state index in [-0.39, 0.29) is 19.8 Å². The van der Waals surface area contributed by atoms with Crippen molar-refractivity contribution in [3.63, 3.8) is 0 Å². The van der Waals surface area contributed by atoms with Gasteiger partial charge in [-0.15, -0.1) is 0 Å². The van der Waals surface area contributed by atoms with Crippen LogP contribution in [0.4, 0.5) is 0 Å². The maximum Gasteiger partial charge on any atom is 0.283 e. The summed E-state index contributed by atoms with van der Waals surface area (Å²) in [4.78, 5) is 0. The van der Waals surface area contributed by atoms with Crippen molar-refractivity contribution in [3.05, 3.63) is 6.92 Å². The molecule has 12 heteroatoms. The molecule has 0 aliphatic heterocycles. The lowest BCUT2D eigenvalue weighted by Gasteiger charge is -2.29. The molecule has 0 aromatic rings. The maximum atomic E-state index is 5.69. The Bertz CT molecular complexity index is 348. The topological polar surface area (TPSA) is 111 Å². The third-order valence-corrected chi connectivity index (χ3v) is 4.06. The molecule has 0 amide bonds. The van der Waals surface area contributed by atoms with Crippen molar-refractivity contribution in [2.24, 2.45) is 0 Å². The van der Waals surface area contributed by atoms with Gasteiger partial charge in [0.1, 0.15) is 0 Å². The summed E-state index contributed by atoms with van der Waals surface area (Å²) < 4.78 is 64.3. The molecule has 0 saturated heterocycles. The molecule has 35 heavy (non-hydrogen) atoms. The SMILES string of the molecule is [CH2]C(OCCOCCOCCOC)(OCCOCCOCCOC)OCCOCCOCCOC. The van der Waals surface area contributed by atoms with Crippen LogP contribution < -0.4 is 0 Å². The highest BCUT2D eigenvalue weighted by Crippen LogP contribution is 2.14. The lowest BCUT2D eigenvalue weighted by atomic mass is 10.6. The fourth-order valence-corrected chi connectivity index (χ4v) is 2.29. The minimum atomic E-state index is -1.50. The van der Waals surface area contributed by atoms with E-state index in [1.54, 1.807) is 21.3 Å². The molecule has 0 fully saturated rings. The highest BCUT2D eigenvalue weighted by Gasteiger charge is 2.27. The fraction of sp³-hybridized carbons (Fsp3) is 0.957. The van der Waals surface area contributed by atoms with E-state index in [1.165, 1.54) is 0 Å². The molecule has 0 saturated carbocycles. The van der Waals surface area contributed by atoms with Gasteiger partial charge in [-0.1, -0.05) is 0 Å². The second-order valence-corrected chi connectivity index (χ2v) is 6.88. The first kappa shape index (κ1) is 34.5. The Morgan fingerprint density at radius 2 is 0.543 bits per heavy atom. The summed E-state index contributed by atoms with van der Waals surface area (Å²) in [5.41, 5.74) is 0. The van der Waals surface area contributed by atoms with Gasteiger partial charge >= 0.3 is 0 Å². The summed E-state index contributed by atoms with van der Waals surface area (Å²) in [7, 11) is 4.88. The number of ether oxygens (including phenoxy) is 12. The quantitative estimate of drug-likeness (QED) is 0.0985. The van der Waals surface area contributed by atoms with Gasteiger partial charge in [0, 0.05) is 28.3 Å². The molecule has 0 bridgehead atoms. The van der Waals surface area contributed by atoms with Crippen LogP contribution in [0.25, 0.3) is 0 Å². The molecular formula is C23H47O12. The number of rotatable bonds is 30. The summed E-state index contributed by atoms with van der Waals surface area (Å²) >= 11 is 0. The van der Waals surface area contributed by atoms with Gasteiger partial charge in [0.25, 0.3) is 5.97 Å². The molecule has 0 aromatic carbocycles. The Morgan fingerprint density at radius 1 is 0.343 bits per heavy atom. The predicted molar refractivity (Wildman–Crippen MR) is 126 cm³/mol. The summed E-state index contributed by atoms with van der Waals surface area (Å²) in [6, 6.07) is 0. The Labute approximate surface area is 210 Å². The predicted octanol–water partition coefficient (Wildman–Crippen LogP) is 0.563. The number of methoxy groups -OCH3 is 3. The standard InChI is InChI=1S/C23H47O12/c1-23(33-20-17-30-14-11-27-8-5-24-2,34-21-18-31-15-12-28-9-6-25-3)35-22-19-32-16-13-29-10-7-26-4/h1,5-22H2,2-4H3. The molecule has 12 nitrogen and oxygen atoms in total. The van der Waals surface area contributed by atoms with Crippen molar-refractivity contribution in [2.75, 3.05) is 140 Å². The van der Waals surface area contributed by atoms with E-state index < -0.39 is 5.97 Å². The summed E-state index contributed by atoms with van der Waals surface area (Å²) in [5, 5.41) is 0. The smallest absolute Gasteiger partial charge is 0.283 e. The molecule has 0 aliphatic rings. The Hall–Kier alpha value is -0.480. The molecule has 0 aliphatic carbocycles. The van der Waals surface area contributed by atoms with Crippen LogP contribution in [-0.2, 0) is 56.8 Å². The molecule has 1 radical (unpaired) electrons. The second-order valence-electron chi connectivity index (χ2n) is 6.88. The monoisotopic (exact) mass is 515 g/mol. The highest BCUT2D eigenvalue weighted by atomic mass is 16.9. The van der Waals surface area contributed by atoms with Crippen LogP contribution in [0, 0.1) is 6.92 Å². The Balaban J connectivity index is 4.05. The summed E-state index contributed by atoms with van der Waals surface area (Å²) in [5.74, 6) is -1.50. The number of hydrogen-bond acceptors (Lipinski definition) is 12. The van der Waals surface area contributed by atoms with Crippen molar-refractivity contribution in [1.29, 1.82) is 0 Å². The first-order valence-corrected chi connectivity index (χ1v) is 11.9. The van der Waals surface area contributed by atoms with E-state index in [1.807, 2.05) is 0 Å². The lowest BCUT2D eigenvalue weighted by molar-refractivity contribution is -0.357. The van der Waals surface area contributed by atoms with E-state index >= 15 is 0 Å². The zero-order chi connectivity index (χ0) is 25.7. The molecule has 0 heterocycles. The van der Waals surface area contributed by atoms with E-state index in [4.69, 9.17) is 56.8 Å². The molecule has 0 spiro atoms. The van der Waals surface area contributed by atoms with Crippen molar-refractivity contribution in [2.45, 2.75) is 5.97 Å². The summed E-state index contributed by atoms with van der Waals surface area (Å²) in [6.45, 7) is 11.6. The molecule has 0 aromatic heterocycles. The van der Waals surface area contributed by atoms with Crippen molar-refractivity contribution in [1.82, 2.24) is 0 Å². The molecule has 0 rings (SSSR count). The van der Waals surface area contributed by atoms with Crippen LogP contribution in [0.3, 0.4) is 0 Å². The average Bonchev–Trinajstić information content (AvgIpc) is 2.86. The van der Waals surface area contributed by atoms with Crippen LogP contribution in [0.5, 0.6) is 0 Å². The third kappa shape index (κ3) is 26.4. The minimum Gasteiger partial charge on any atom is -0.382 e. The van der Waals surface area contributed by atoms with Crippen molar-refractivity contribution in [3.8, 4) is 0 Å². The third-order valence-electron chi connectivity index (χ3n) is 4.06. The van der Waals surface area contributed by atoms with Crippen LogP contribution in [-0.4, -0.2) is 146 Å². The first-order chi connectivity index (χ1) is 17.2. The zero-order valence-corrected chi connectivity index (χ0v) is 21.8. The Morgan fingerprint density at radius 3 is 0.771 bits per heavy atom. The minimum absolute atomic E-state index is 0.226. The molecule has 0 unspecified atom stereocenters. The lowest BCUT2D eigenvalue weighted by Crippen LogP contribution is -2.39. The van der Waals surface area contributed by atoms with Crippen molar-refractivity contribution < 1.29 is 56.8 Å². The Kier molecular flexibility index (Phi) is 27.7. The van der Waals surface area contributed by atoms with Gasteiger partial charge in [0.2, 0.25) is 0 Å². The van der Waals surface area contributed by atoms with Gasteiger partial charge in [-0.2, -0.15) is 0 Å². The first-order valence-electron chi connectivity index (χ1n) is 11.9. The van der Waals surface area contributed by atoms with Crippen LogP contribution >= 0.6 is 0 Å². The average molecular weight is 516 g/mol. The maximum absolute atomic E-state index is 5.69. The second kappa shape index (κ2) is 28.1. The zero-order valence-electron chi connectivity index (χ0n) is 21.8. The highest BCUT2D eigenvalue weighted by molar-refractivity contribution is 4.61. The van der Waals surface area contributed by atoms with Gasteiger partial charge in [0.15, 0.2) is 0 Å². The number of hydrogen-bond donors (Lipinski definition) is 0. The van der Waals surface area contributed by atoms with E-state index in [2.05, 4.69) is 6.92 Å². The van der Waals surface area contributed by atoms with Gasteiger partial charge < -0.3 is 56.8 Å². The van der Waals surface area contributed by atoms with E-state index in [0.717, 1.165) is 0 Å². The van der Waals surface area contributed by atoms with Gasteiger partial charge in [-0.25, -0.2) is 0 Å².